The first-order valence-corrected chi connectivity index (χ1v) is 6.47. The summed E-state index contributed by atoms with van der Waals surface area (Å²) in [5.41, 5.74) is 1.64. The Morgan fingerprint density at radius 2 is 2.17 bits per heavy atom. The summed E-state index contributed by atoms with van der Waals surface area (Å²) in [6, 6.07) is 7.95. The van der Waals surface area contributed by atoms with E-state index in [1.54, 1.807) is 12.1 Å². The summed E-state index contributed by atoms with van der Waals surface area (Å²) in [5.74, 6) is 0. The normalized spacial score (nSPS) is 12.4. The van der Waals surface area contributed by atoms with Gasteiger partial charge in [0.15, 0.2) is 0 Å². The Hall–Kier alpha value is -1.08. The molecular formula is C14H20ClN3. The van der Waals surface area contributed by atoms with Crippen molar-refractivity contribution in [3.63, 3.8) is 0 Å². The molecule has 0 saturated carbocycles. The van der Waals surface area contributed by atoms with Gasteiger partial charge >= 0.3 is 0 Å². The van der Waals surface area contributed by atoms with Crippen molar-refractivity contribution in [2.45, 2.75) is 25.9 Å². The second kappa shape index (κ2) is 7.38. The average Bonchev–Trinajstić information content (AvgIpc) is 2.34. The maximum atomic E-state index is 8.76. The van der Waals surface area contributed by atoms with Crippen molar-refractivity contribution in [2.24, 2.45) is 0 Å². The van der Waals surface area contributed by atoms with E-state index in [9.17, 15) is 0 Å². The zero-order valence-corrected chi connectivity index (χ0v) is 12.0. The summed E-state index contributed by atoms with van der Waals surface area (Å²) in [5, 5.41) is 12.9. The molecule has 1 rings (SSSR count). The number of hydrogen-bond donors (Lipinski definition) is 1. The van der Waals surface area contributed by atoms with Crippen LogP contribution in [0.2, 0.25) is 5.02 Å². The second-order valence-electron chi connectivity index (χ2n) is 4.79. The smallest absolute Gasteiger partial charge is 0.0992 e. The molecule has 1 N–H and O–H groups in total. The lowest BCUT2D eigenvalue weighted by molar-refractivity contribution is 0.365. The molecule has 0 aliphatic carbocycles. The SMILES string of the molecule is CC(CCN(C)C)NCc1ccc(C#N)cc1Cl. The molecule has 0 aliphatic heterocycles. The number of nitrogens with zero attached hydrogens (tertiary/aromatic N) is 2. The Bertz CT molecular complexity index is 424. The molecular weight excluding hydrogens is 246 g/mol. The van der Waals surface area contributed by atoms with Gasteiger partial charge in [-0.25, -0.2) is 0 Å². The van der Waals surface area contributed by atoms with Crippen LogP contribution in [0.25, 0.3) is 0 Å². The molecule has 0 amide bonds. The Morgan fingerprint density at radius 1 is 1.44 bits per heavy atom. The van der Waals surface area contributed by atoms with Crippen molar-refractivity contribution in [2.75, 3.05) is 20.6 Å². The van der Waals surface area contributed by atoms with E-state index in [4.69, 9.17) is 16.9 Å². The molecule has 1 aromatic rings. The summed E-state index contributed by atoms with van der Waals surface area (Å²) < 4.78 is 0. The van der Waals surface area contributed by atoms with E-state index < -0.39 is 0 Å². The van der Waals surface area contributed by atoms with Crippen molar-refractivity contribution >= 4 is 11.6 Å². The van der Waals surface area contributed by atoms with Gasteiger partial charge in [-0.15, -0.1) is 0 Å². The van der Waals surface area contributed by atoms with E-state index in [0.717, 1.165) is 25.1 Å². The predicted molar refractivity (Wildman–Crippen MR) is 75.6 cm³/mol. The van der Waals surface area contributed by atoms with Crippen LogP contribution in [-0.4, -0.2) is 31.6 Å². The van der Waals surface area contributed by atoms with Gasteiger partial charge in [-0.2, -0.15) is 5.26 Å². The van der Waals surface area contributed by atoms with Gasteiger partial charge in [0.05, 0.1) is 11.6 Å². The lowest BCUT2D eigenvalue weighted by atomic mass is 10.1. The van der Waals surface area contributed by atoms with Crippen LogP contribution < -0.4 is 5.32 Å². The first-order valence-electron chi connectivity index (χ1n) is 6.09. The molecule has 0 aliphatic rings. The monoisotopic (exact) mass is 265 g/mol. The minimum Gasteiger partial charge on any atom is -0.310 e. The van der Waals surface area contributed by atoms with Gasteiger partial charge in [-0.05, 0) is 51.7 Å². The van der Waals surface area contributed by atoms with Crippen molar-refractivity contribution in [3.8, 4) is 6.07 Å². The van der Waals surface area contributed by atoms with E-state index >= 15 is 0 Å². The number of rotatable bonds is 6. The molecule has 0 heterocycles. The third kappa shape index (κ3) is 5.05. The van der Waals surface area contributed by atoms with Gasteiger partial charge in [0.1, 0.15) is 0 Å². The Kier molecular flexibility index (Phi) is 6.14. The molecule has 1 unspecified atom stereocenters. The number of nitriles is 1. The zero-order chi connectivity index (χ0) is 13.5. The van der Waals surface area contributed by atoms with E-state index in [2.05, 4.69) is 37.3 Å². The molecule has 18 heavy (non-hydrogen) atoms. The van der Waals surface area contributed by atoms with Crippen molar-refractivity contribution in [3.05, 3.63) is 34.3 Å². The van der Waals surface area contributed by atoms with Gasteiger partial charge < -0.3 is 10.2 Å². The fraction of sp³-hybridized carbons (Fsp3) is 0.500. The Balaban J connectivity index is 2.46. The first-order chi connectivity index (χ1) is 8.52. The summed E-state index contributed by atoms with van der Waals surface area (Å²) in [7, 11) is 4.15. The standard InChI is InChI=1S/C14H20ClN3/c1-11(6-7-18(2)3)17-10-13-5-4-12(9-16)8-14(13)15/h4-5,8,11,17H,6-7,10H2,1-3H3. The molecule has 1 atom stereocenters. The largest absolute Gasteiger partial charge is 0.310 e. The van der Waals surface area contributed by atoms with Gasteiger partial charge in [-0.3, -0.25) is 0 Å². The molecule has 98 valence electrons. The van der Waals surface area contributed by atoms with Gasteiger partial charge in [0.25, 0.3) is 0 Å². The van der Waals surface area contributed by atoms with E-state index in [0.29, 0.717) is 16.6 Å². The molecule has 0 saturated heterocycles. The van der Waals surface area contributed by atoms with Crippen LogP contribution in [0.3, 0.4) is 0 Å². The van der Waals surface area contributed by atoms with Crippen LogP contribution in [-0.2, 0) is 6.54 Å². The van der Waals surface area contributed by atoms with Gasteiger partial charge in [0, 0.05) is 17.6 Å². The molecule has 0 aromatic heterocycles. The van der Waals surface area contributed by atoms with E-state index in [-0.39, 0.29) is 0 Å². The fourth-order valence-electron chi connectivity index (χ4n) is 1.60. The Labute approximate surface area is 114 Å². The highest BCUT2D eigenvalue weighted by Gasteiger charge is 2.05. The topological polar surface area (TPSA) is 39.1 Å². The summed E-state index contributed by atoms with van der Waals surface area (Å²) >= 11 is 6.12. The fourth-order valence-corrected chi connectivity index (χ4v) is 1.85. The quantitative estimate of drug-likeness (QED) is 0.860. The minimum absolute atomic E-state index is 0.444. The lowest BCUT2D eigenvalue weighted by Crippen LogP contribution is -2.29. The molecule has 3 nitrogen and oxygen atoms in total. The molecule has 0 fully saturated rings. The summed E-state index contributed by atoms with van der Waals surface area (Å²) in [6.07, 6.45) is 1.10. The molecule has 1 aromatic carbocycles. The zero-order valence-electron chi connectivity index (χ0n) is 11.2. The lowest BCUT2D eigenvalue weighted by Gasteiger charge is -2.17. The summed E-state index contributed by atoms with van der Waals surface area (Å²) in [6.45, 7) is 3.97. The van der Waals surface area contributed by atoms with Crippen molar-refractivity contribution < 1.29 is 0 Å². The van der Waals surface area contributed by atoms with Crippen LogP contribution in [0, 0.1) is 11.3 Å². The van der Waals surface area contributed by atoms with E-state index in [1.165, 1.54) is 0 Å². The van der Waals surface area contributed by atoms with Crippen LogP contribution in [0.5, 0.6) is 0 Å². The highest BCUT2D eigenvalue weighted by Crippen LogP contribution is 2.17. The first kappa shape index (κ1) is 15.0. The highest BCUT2D eigenvalue weighted by atomic mass is 35.5. The van der Waals surface area contributed by atoms with Crippen molar-refractivity contribution in [1.29, 1.82) is 5.26 Å². The number of halogens is 1. The molecule has 0 bridgehead atoms. The maximum Gasteiger partial charge on any atom is 0.0992 e. The van der Waals surface area contributed by atoms with Crippen LogP contribution >= 0.6 is 11.6 Å². The van der Waals surface area contributed by atoms with Crippen LogP contribution in [0.15, 0.2) is 18.2 Å². The summed E-state index contributed by atoms with van der Waals surface area (Å²) in [4.78, 5) is 2.17. The van der Waals surface area contributed by atoms with Gasteiger partial charge in [-0.1, -0.05) is 17.7 Å². The van der Waals surface area contributed by atoms with Crippen molar-refractivity contribution in [1.82, 2.24) is 10.2 Å². The highest BCUT2D eigenvalue weighted by molar-refractivity contribution is 6.31. The number of benzene rings is 1. The second-order valence-corrected chi connectivity index (χ2v) is 5.20. The minimum atomic E-state index is 0.444. The number of nitrogens with one attached hydrogen (secondary N) is 1. The Morgan fingerprint density at radius 3 is 2.72 bits per heavy atom. The maximum absolute atomic E-state index is 8.76. The molecule has 0 radical (unpaired) electrons. The van der Waals surface area contributed by atoms with E-state index in [1.807, 2.05) is 6.07 Å². The van der Waals surface area contributed by atoms with Gasteiger partial charge in [0.2, 0.25) is 0 Å². The van der Waals surface area contributed by atoms with Crippen LogP contribution in [0.4, 0.5) is 0 Å². The molecule has 0 spiro atoms. The predicted octanol–water partition coefficient (Wildman–Crippen LogP) is 2.64. The number of hydrogen-bond acceptors (Lipinski definition) is 3. The molecule has 4 heteroatoms. The average molecular weight is 266 g/mol. The van der Waals surface area contributed by atoms with Crippen LogP contribution in [0.1, 0.15) is 24.5 Å². The third-order valence-corrected chi connectivity index (χ3v) is 3.18. The third-order valence-electron chi connectivity index (χ3n) is 2.83.